The van der Waals surface area contributed by atoms with Gasteiger partial charge in [-0.1, -0.05) is 0 Å². The molecule has 0 aliphatic carbocycles. The van der Waals surface area contributed by atoms with Crippen LogP contribution < -0.4 is 5.32 Å². The highest BCUT2D eigenvalue weighted by Crippen LogP contribution is 2.30. The van der Waals surface area contributed by atoms with Crippen molar-refractivity contribution in [3.05, 3.63) is 28.1 Å². The Labute approximate surface area is 128 Å². The van der Waals surface area contributed by atoms with Gasteiger partial charge in [-0.25, -0.2) is 8.78 Å². The first-order valence-electron chi connectivity index (χ1n) is 6.14. The van der Waals surface area contributed by atoms with Gasteiger partial charge in [-0.2, -0.15) is 10.2 Å². The summed E-state index contributed by atoms with van der Waals surface area (Å²) >= 11 is 3.08. The Morgan fingerprint density at radius 3 is 2.57 bits per heavy atom. The minimum atomic E-state index is -2.70. The zero-order valence-corrected chi connectivity index (χ0v) is 13.2. The van der Waals surface area contributed by atoms with Gasteiger partial charge in [-0.3, -0.25) is 14.2 Å². The first-order valence-corrected chi connectivity index (χ1v) is 6.93. The number of amides is 1. The van der Waals surface area contributed by atoms with E-state index in [1.54, 1.807) is 37.8 Å². The van der Waals surface area contributed by atoms with Crippen molar-refractivity contribution < 1.29 is 13.6 Å². The van der Waals surface area contributed by atoms with E-state index in [1.165, 1.54) is 4.68 Å². The summed E-state index contributed by atoms with van der Waals surface area (Å²) in [6, 6.07) is 0.900. The molecular formula is C12H14BrF2N5O. The highest BCUT2D eigenvalue weighted by Gasteiger charge is 2.25. The molecule has 6 nitrogen and oxygen atoms in total. The minimum absolute atomic E-state index is 0.218. The molecule has 0 bridgehead atoms. The van der Waals surface area contributed by atoms with Crippen LogP contribution >= 0.6 is 15.9 Å². The van der Waals surface area contributed by atoms with Crippen LogP contribution in [0.1, 0.15) is 30.8 Å². The van der Waals surface area contributed by atoms with Gasteiger partial charge in [0.2, 0.25) is 5.91 Å². The average Bonchev–Trinajstić information content (AvgIpc) is 2.94. The summed E-state index contributed by atoms with van der Waals surface area (Å²) in [6.07, 6.45) is -1.02. The summed E-state index contributed by atoms with van der Waals surface area (Å²) in [6.45, 7) is 3.20. The number of anilines is 1. The fourth-order valence-electron chi connectivity index (χ4n) is 1.86. The predicted molar refractivity (Wildman–Crippen MR) is 76.2 cm³/mol. The fourth-order valence-corrected chi connectivity index (χ4v) is 2.29. The van der Waals surface area contributed by atoms with E-state index in [-0.39, 0.29) is 16.1 Å². The van der Waals surface area contributed by atoms with Crippen LogP contribution in [0.4, 0.5) is 14.6 Å². The lowest BCUT2D eigenvalue weighted by Gasteiger charge is -2.13. The van der Waals surface area contributed by atoms with Crippen LogP contribution in [0.25, 0.3) is 0 Å². The van der Waals surface area contributed by atoms with Crippen LogP contribution in [0.5, 0.6) is 0 Å². The van der Waals surface area contributed by atoms with Gasteiger partial charge in [0.05, 0.1) is 10.2 Å². The Kier molecular flexibility index (Phi) is 4.40. The molecule has 2 heterocycles. The smallest absolute Gasteiger partial charge is 0.283 e. The van der Waals surface area contributed by atoms with Gasteiger partial charge in [-0.15, -0.1) is 0 Å². The monoisotopic (exact) mass is 361 g/mol. The lowest BCUT2D eigenvalue weighted by molar-refractivity contribution is -0.119. The van der Waals surface area contributed by atoms with Gasteiger partial charge in [0, 0.05) is 19.3 Å². The summed E-state index contributed by atoms with van der Waals surface area (Å²) in [5.41, 5.74) is 0.0963. The largest absolute Gasteiger partial charge is 0.307 e. The number of carbonyl (C=O) groups is 1. The number of hydrogen-bond donors (Lipinski definition) is 1. The molecule has 0 saturated carbocycles. The SMILES string of the molecule is Cc1c(Br)c(C(F)F)nn1[C@@H](C)C(=O)Nc1ccn(C)n1. The highest BCUT2D eigenvalue weighted by atomic mass is 79.9. The molecule has 0 radical (unpaired) electrons. The third-order valence-corrected chi connectivity index (χ3v) is 4.00. The number of aryl methyl sites for hydroxylation is 1. The summed E-state index contributed by atoms with van der Waals surface area (Å²) < 4.78 is 28.7. The molecule has 2 rings (SSSR count). The van der Waals surface area contributed by atoms with Gasteiger partial charge in [0.25, 0.3) is 6.43 Å². The molecule has 1 N–H and O–H groups in total. The van der Waals surface area contributed by atoms with Crippen LogP contribution in [0.2, 0.25) is 0 Å². The van der Waals surface area contributed by atoms with E-state index in [1.807, 2.05) is 0 Å². The van der Waals surface area contributed by atoms with Crippen LogP contribution in [-0.2, 0) is 11.8 Å². The van der Waals surface area contributed by atoms with E-state index in [0.29, 0.717) is 11.5 Å². The number of carbonyl (C=O) groups excluding carboxylic acids is 1. The maximum atomic E-state index is 12.8. The zero-order chi connectivity index (χ0) is 15.7. The first-order chi connectivity index (χ1) is 9.81. The van der Waals surface area contributed by atoms with Crippen LogP contribution in [-0.4, -0.2) is 25.5 Å². The second-order valence-electron chi connectivity index (χ2n) is 4.57. The maximum Gasteiger partial charge on any atom is 0.283 e. The number of alkyl halides is 2. The molecule has 1 amide bonds. The summed E-state index contributed by atoms with van der Waals surface area (Å²) in [5, 5.41) is 10.4. The van der Waals surface area contributed by atoms with E-state index in [0.717, 1.165) is 0 Å². The summed E-state index contributed by atoms with van der Waals surface area (Å²) in [4.78, 5) is 12.1. The number of aromatic nitrogens is 4. The molecule has 0 unspecified atom stereocenters. The van der Waals surface area contributed by atoms with E-state index >= 15 is 0 Å². The van der Waals surface area contributed by atoms with Crippen LogP contribution in [0, 0.1) is 6.92 Å². The van der Waals surface area contributed by atoms with Gasteiger partial charge in [0.1, 0.15) is 11.7 Å². The number of nitrogens with zero attached hydrogens (tertiary/aromatic N) is 4. The van der Waals surface area contributed by atoms with Crippen molar-refractivity contribution in [1.82, 2.24) is 19.6 Å². The molecule has 0 aliphatic heterocycles. The average molecular weight is 362 g/mol. The molecule has 9 heteroatoms. The molecule has 0 aromatic carbocycles. The minimum Gasteiger partial charge on any atom is -0.307 e. The normalized spacial score (nSPS) is 12.7. The Morgan fingerprint density at radius 1 is 1.43 bits per heavy atom. The molecule has 21 heavy (non-hydrogen) atoms. The summed E-state index contributed by atoms with van der Waals surface area (Å²) in [7, 11) is 1.72. The number of hydrogen-bond acceptors (Lipinski definition) is 3. The highest BCUT2D eigenvalue weighted by molar-refractivity contribution is 9.10. The van der Waals surface area contributed by atoms with Crippen LogP contribution in [0.3, 0.4) is 0 Å². The third-order valence-electron chi connectivity index (χ3n) is 3.02. The topological polar surface area (TPSA) is 64.7 Å². The number of rotatable bonds is 4. The molecular weight excluding hydrogens is 348 g/mol. The van der Waals surface area contributed by atoms with E-state index in [9.17, 15) is 13.6 Å². The van der Waals surface area contributed by atoms with E-state index < -0.39 is 12.5 Å². The van der Waals surface area contributed by atoms with E-state index in [2.05, 4.69) is 31.4 Å². The first kappa shape index (κ1) is 15.6. The second-order valence-corrected chi connectivity index (χ2v) is 5.36. The molecule has 0 fully saturated rings. The lowest BCUT2D eigenvalue weighted by atomic mass is 10.3. The van der Waals surface area contributed by atoms with Crippen molar-refractivity contribution in [2.75, 3.05) is 5.32 Å². The number of nitrogens with one attached hydrogen (secondary N) is 1. The van der Waals surface area contributed by atoms with Crippen molar-refractivity contribution in [3.8, 4) is 0 Å². The molecule has 0 aliphatic rings. The molecule has 1 atom stereocenters. The van der Waals surface area contributed by atoms with Gasteiger partial charge >= 0.3 is 0 Å². The van der Waals surface area contributed by atoms with Crippen molar-refractivity contribution >= 4 is 27.7 Å². The third kappa shape index (κ3) is 3.12. The maximum absolute atomic E-state index is 12.8. The quantitative estimate of drug-likeness (QED) is 0.910. The molecule has 0 saturated heterocycles. The number of halogens is 3. The Balaban J connectivity index is 2.21. The van der Waals surface area contributed by atoms with Crippen molar-refractivity contribution in [1.29, 1.82) is 0 Å². The lowest BCUT2D eigenvalue weighted by Crippen LogP contribution is -2.25. The predicted octanol–water partition coefficient (Wildman–Crippen LogP) is 2.82. The Morgan fingerprint density at radius 2 is 2.10 bits per heavy atom. The molecule has 0 spiro atoms. The van der Waals surface area contributed by atoms with Crippen molar-refractivity contribution in [2.45, 2.75) is 26.3 Å². The molecule has 2 aromatic rings. The standard InChI is InChI=1S/C12H14BrF2N5O/c1-6-9(13)10(11(14)15)18-20(6)7(2)12(21)16-8-4-5-19(3)17-8/h4-5,7,11H,1-3H3,(H,16,17,21)/t7-/m0/s1. The van der Waals surface area contributed by atoms with Crippen LogP contribution in [0.15, 0.2) is 16.7 Å². The summed E-state index contributed by atoms with van der Waals surface area (Å²) in [5.74, 6) is 0.0138. The molecule has 2 aromatic heterocycles. The Bertz CT molecular complexity index is 667. The van der Waals surface area contributed by atoms with Gasteiger partial charge < -0.3 is 5.32 Å². The molecule has 114 valence electrons. The Hall–Kier alpha value is -1.77. The van der Waals surface area contributed by atoms with Gasteiger partial charge in [-0.05, 0) is 29.8 Å². The van der Waals surface area contributed by atoms with Gasteiger partial charge in [0.15, 0.2) is 5.82 Å². The zero-order valence-electron chi connectivity index (χ0n) is 11.6. The van der Waals surface area contributed by atoms with Crippen molar-refractivity contribution in [2.24, 2.45) is 7.05 Å². The fraction of sp³-hybridized carbons (Fsp3) is 0.417. The second kappa shape index (κ2) is 5.92. The van der Waals surface area contributed by atoms with Crippen molar-refractivity contribution in [3.63, 3.8) is 0 Å². The van der Waals surface area contributed by atoms with E-state index in [4.69, 9.17) is 0 Å².